The molecular weight excluding hydrogens is 252 g/mol. The average Bonchev–Trinajstić information content (AvgIpc) is 2.87. The second-order valence-corrected chi connectivity index (χ2v) is 3.57. The van der Waals surface area contributed by atoms with Crippen molar-refractivity contribution < 1.29 is 19.2 Å². The highest BCUT2D eigenvalue weighted by Crippen LogP contribution is 2.28. The lowest BCUT2D eigenvalue weighted by Gasteiger charge is -2.00. The molecule has 19 heavy (non-hydrogen) atoms. The molecular formula is C12H6N2O5. The van der Waals surface area contributed by atoms with Gasteiger partial charge in [-0.3, -0.25) is 10.1 Å². The molecule has 0 bridgehead atoms. The minimum Gasteiger partial charge on any atom is -0.475 e. The van der Waals surface area contributed by atoms with Gasteiger partial charge in [0.1, 0.15) is 11.8 Å². The minimum absolute atomic E-state index is 0.0421. The van der Waals surface area contributed by atoms with Crippen molar-refractivity contribution in [2.24, 2.45) is 0 Å². The Kier molecular flexibility index (Phi) is 3.00. The highest BCUT2D eigenvalue weighted by molar-refractivity contribution is 5.85. The molecule has 1 aromatic heterocycles. The highest BCUT2D eigenvalue weighted by atomic mass is 16.6. The first-order valence-corrected chi connectivity index (χ1v) is 5.05. The quantitative estimate of drug-likeness (QED) is 0.667. The predicted octanol–water partition coefficient (Wildman–Crippen LogP) is 2.42. The van der Waals surface area contributed by atoms with Gasteiger partial charge in [0, 0.05) is 17.7 Å². The van der Waals surface area contributed by atoms with E-state index in [4.69, 9.17) is 14.8 Å². The van der Waals surface area contributed by atoms with Crippen molar-refractivity contribution in [2.45, 2.75) is 0 Å². The molecule has 0 saturated carbocycles. The lowest BCUT2D eigenvalue weighted by Crippen LogP contribution is -1.92. The van der Waals surface area contributed by atoms with Crippen LogP contribution >= 0.6 is 0 Å². The molecule has 0 aliphatic heterocycles. The van der Waals surface area contributed by atoms with E-state index in [9.17, 15) is 14.9 Å². The van der Waals surface area contributed by atoms with Gasteiger partial charge in [-0.2, -0.15) is 5.26 Å². The first-order chi connectivity index (χ1) is 9.02. The van der Waals surface area contributed by atoms with Gasteiger partial charge >= 0.3 is 5.97 Å². The highest BCUT2D eigenvalue weighted by Gasteiger charge is 2.16. The molecule has 1 N–H and O–H groups in total. The number of non-ortho nitro benzene ring substituents is 1. The molecule has 0 amide bonds. The number of nitro groups is 1. The lowest BCUT2D eigenvalue weighted by molar-refractivity contribution is -0.384. The van der Waals surface area contributed by atoms with Gasteiger partial charge in [0.05, 0.1) is 10.5 Å². The zero-order chi connectivity index (χ0) is 14.0. The number of rotatable bonds is 3. The van der Waals surface area contributed by atoms with E-state index in [1.54, 1.807) is 0 Å². The fourth-order valence-corrected chi connectivity index (χ4v) is 1.55. The van der Waals surface area contributed by atoms with E-state index in [1.807, 2.05) is 6.07 Å². The maximum absolute atomic E-state index is 10.7. The smallest absolute Gasteiger partial charge is 0.371 e. The van der Waals surface area contributed by atoms with Crippen LogP contribution < -0.4 is 0 Å². The topological polar surface area (TPSA) is 117 Å². The Balaban J connectivity index is 2.53. The molecule has 1 heterocycles. The number of benzene rings is 1. The number of nitro benzene ring substituents is 1. The Morgan fingerprint density at radius 1 is 1.37 bits per heavy atom. The van der Waals surface area contributed by atoms with Crippen LogP contribution in [0.25, 0.3) is 11.3 Å². The number of carboxylic acids is 1. The number of nitrogens with zero attached hydrogens (tertiary/aromatic N) is 2. The number of carbonyl (C=O) groups is 1. The fraction of sp³-hybridized carbons (Fsp3) is 0. The maximum atomic E-state index is 10.7. The van der Waals surface area contributed by atoms with Crippen molar-refractivity contribution in [3.8, 4) is 17.4 Å². The fourth-order valence-electron chi connectivity index (χ4n) is 1.55. The monoisotopic (exact) mass is 258 g/mol. The number of hydrogen-bond donors (Lipinski definition) is 1. The minimum atomic E-state index is -1.23. The Bertz CT molecular complexity index is 711. The second-order valence-electron chi connectivity index (χ2n) is 3.57. The molecule has 0 fully saturated rings. The molecule has 0 aliphatic carbocycles. The summed E-state index contributed by atoms with van der Waals surface area (Å²) in [7, 11) is 0. The first-order valence-electron chi connectivity index (χ1n) is 5.05. The largest absolute Gasteiger partial charge is 0.475 e. The van der Waals surface area contributed by atoms with Crippen LogP contribution in [0.4, 0.5) is 5.69 Å². The van der Waals surface area contributed by atoms with Gasteiger partial charge in [-0.1, -0.05) is 0 Å². The van der Waals surface area contributed by atoms with Crippen molar-refractivity contribution in [2.75, 3.05) is 0 Å². The molecule has 0 radical (unpaired) electrons. The third kappa shape index (κ3) is 2.28. The molecule has 7 nitrogen and oxygen atoms in total. The van der Waals surface area contributed by atoms with E-state index in [-0.39, 0.29) is 22.8 Å². The van der Waals surface area contributed by atoms with Crippen molar-refractivity contribution in [1.82, 2.24) is 0 Å². The summed E-state index contributed by atoms with van der Waals surface area (Å²) >= 11 is 0. The molecule has 2 rings (SSSR count). The van der Waals surface area contributed by atoms with E-state index in [0.29, 0.717) is 5.56 Å². The summed E-state index contributed by atoms with van der Waals surface area (Å²) in [5, 5.41) is 28.3. The van der Waals surface area contributed by atoms with E-state index < -0.39 is 10.9 Å². The Morgan fingerprint density at radius 3 is 2.63 bits per heavy atom. The number of hydrogen-bond acceptors (Lipinski definition) is 5. The van der Waals surface area contributed by atoms with Gasteiger partial charge < -0.3 is 9.52 Å². The van der Waals surface area contributed by atoms with E-state index >= 15 is 0 Å². The molecule has 0 atom stereocenters. The SMILES string of the molecule is N#Cc1cc([N+](=O)[O-])ccc1-c1ccc(C(=O)O)o1. The van der Waals surface area contributed by atoms with E-state index in [2.05, 4.69) is 0 Å². The van der Waals surface area contributed by atoms with Gasteiger partial charge in [0.2, 0.25) is 5.76 Å². The average molecular weight is 258 g/mol. The molecule has 0 saturated heterocycles. The van der Waals surface area contributed by atoms with Gasteiger partial charge in [-0.15, -0.1) is 0 Å². The van der Waals surface area contributed by atoms with Crippen molar-refractivity contribution in [1.29, 1.82) is 5.26 Å². The van der Waals surface area contributed by atoms with Crippen molar-refractivity contribution >= 4 is 11.7 Å². The van der Waals surface area contributed by atoms with Crippen LogP contribution in [-0.2, 0) is 0 Å². The van der Waals surface area contributed by atoms with Crippen molar-refractivity contribution in [3.05, 3.63) is 51.8 Å². The standard InChI is InChI=1S/C12H6N2O5/c13-6-7-5-8(14(17)18)1-2-9(7)10-3-4-11(19-10)12(15)16/h1-5H,(H,15,16). The van der Waals surface area contributed by atoms with Crippen LogP contribution in [0.2, 0.25) is 0 Å². The summed E-state index contributed by atoms with van der Waals surface area (Å²) in [5.41, 5.74) is 0.131. The van der Waals surface area contributed by atoms with E-state index in [1.165, 1.54) is 24.3 Å². The number of aromatic carboxylic acids is 1. The van der Waals surface area contributed by atoms with Crippen LogP contribution in [0.5, 0.6) is 0 Å². The summed E-state index contributed by atoms with van der Waals surface area (Å²) in [6.45, 7) is 0. The molecule has 7 heteroatoms. The van der Waals surface area contributed by atoms with Gasteiger partial charge in [0.15, 0.2) is 0 Å². The molecule has 2 aromatic rings. The predicted molar refractivity (Wildman–Crippen MR) is 62.5 cm³/mol. The molecule has 0 spiro atoms. The van der Waals surface area contributed by atoms with Crippen molar-refractivity contribution in [3.63, 3.8) is 0 Å². The number of carboxylic acid groups (broad SMARTS) is 1. The van der Waals surface area contributed by atoms with Crippen LogP contribution in [0.3, 0.4) is 0 Å². The van der Waals surface area contributed by atoms with Gasteiger partial charge in [-0.05, 0) is 18.2 Å². The Hall–Kier alpha value is -3.14. The van der Waals surface area contributed by atoms with Crippen LogP contribution in [-0.4, -0.2) is 16.0 Å². The number of furan rings is 1. The molecule has 0 unspecified atom stereocenters. The summed E-state index contributed by atoms with van der Waals surface area (Å²) in [6, 6.07) is 8.14. The molecule has 1 aromatic carbocycles. The van der Waals surface area contributed by atoms with E-state index in [0.717, 1.165) is 6.07 Å². The second kappa shape index (κ2) is 4.62. The summed E-state index contributed by atoms with van der Waals surface area (Å²) < 4.78 is 5.05. The Morgan fingerprint density at radius 2 is 2.11 bits per heavy atom. The Labute approximate surface area is 106 Å². The summed E-state index contributed by atoms with van der Waals surface area (Å²) in [6.07, 6.45) is 0. The lowest BCUT2D eigenvalue weighted by atomic mass is 10.1. The van der Waals surface area contributed by atoms with Gasteiger partial charge in [0.25, 0.3) is 5.69 Å². The molecule has 94 valence electrons. The number of nitriles is 1. The third-order valence-electron chi connectivity index (χ3n) is 2.42. The normalized spacial score (nSPS) is 9.84. The first kappa shape index (κ1) is 12.3. The zero-order valence-corrected chi connectivity index (χ0v) is 9.36. The summed E-state index contributed by atoms with van der Waals surface area (Å²) in [5.74, 6) is -1.33. The van der Waals surface area contributed by atoms with Crippen LogP contribution in [0.1, 0.15) is 16.1 Å². The van der Waals surface area contributed by atoms with Crippen LogP contribution in [0, 0.1) is 21.4 Å². The molecule has 0 aliphatic rings. The van der Waals surface area contributed by atoms with Gasteiger partial charge in [-0.25, -0.2) is 4.79 Å². The maximum Gasteiger partial charge on any atom is 0.371 e. The summed E-state index contributed by atoms with van der Waals surface area (Å²) in [4.78, 5) is 20.7. The third-order valence-corrected chi connectivity index (χ3v) is 2.42. The zero-order valence-electron chi connectivity index (χ0n) is 9.36. The van der Waals surface area contributed by atoms with Crippen LogP contribution in [0.15, 0.2) is 34.7 Å².